The lowest BCUT2D eigenvalue weighted by Gasteiger charge is -2.19. The molecule has 0 spiro atoms. The van der Waals surface area contributed by atoms with E-state index in [0.717, 1.165) is 7.05 Å². The summed E-state index contributed by atoms with van der Waals surface area (Å²) in [5.41, 5.74) is 6.67. The number of nitrogens with zero attached hydrogens (tertiary/aromatic N) is 1. The number of hydrogen-bond acceptors (Lipinski definition) is 3. The van der Waals surface area contributed by atoms with Crippen molar-refractivity contribution in [3.63, 3.8) is 0 Å². The third-order valence-corrected chi connectivity index (χ3v) is 4.67. The molecule has 18 heavy (non-hydrogen) atoms. The van der Waals surface area contributed by atoms with Crippen molar-refractivity contribution in [1.29, 1.82) is 0 Å². The standard InChI is InChI=1S/C11H16F2N2O2S/c1-8-9(6-14)4-3-5-10(8)18(16,17)15(2)7-11(12)13/h3-5,11H,6-7,14H2,1-2H3. The largest absolute Gasteiger partial charge is 0.326 e. The summed E-state index contributed by atoms with van der Waals surface area (Å²) in [7, 11) is -2.76. The van der Waals surface area contributed by atoms with Gasteiger partial charge in [-0.3, -0.25) is 0 Å². The van der Waals surface area contributed by atoms with Gasteiger partial charge in [-0.05, 0) is 24.1 Å². The predicted octanol–water partition coefficient (Wildman–Crippen LogP) is 1.34. The van der Waals surface area contributed by atoms with Gasteiger partial charge in [-0.2, -0.15) is 4.31 Å². The van der Waals surface area contributed by atoms with Crippen LogP contribution < -0.4 is 5.73 Å². The van der Waals surface area contributed by atoms with E-state index < -0.39 is 23.0 Å². The van der Waals surface area contributed by atoms with Crippen molar-refractivity contribution >= 4 is 10.0 Å². The maximum atomic E-state index is 12.3. The summed E-state index contributed by atoms with van der Waals surface area (Å²) in [5.74, 6) is 0. The molecule has 102 valence electrons. The zero-order chi connectivity index (χ0) is 13.9. The third kappa shape index (κ3) is 3.04. The maximum Gasteiger partial charge on any atom is 0.252 e. The molecule has 1 rings (SSSR count). The first-order valence-corrected chi connectivity index (χ1v) is 6.77. The molecule has 4 nitrogen and oxygen atoms in total. The molecule has 0 saturated carbocycles. The molecule has 0 radical (unpaired) electrons. The Kier molecular flexibility index (Phi) is 4.78. The quantitative estimate of drug-likeness (QED) is 0.884. The number of benzene rings is 1. The zero-order valence-corrected chi connectivity index (χ0v) is 11.0. The van der Waals surface area contributed by atoms with Gasteiger partial charge in [-0.15, -0.1) is 0 Å². The van der Waals surface area contributed by atoms with Gasteiger partial charge in [-0.25, -0.2) is 17.2 Å². The van der Waals surface area contributed by atoms with Crippen molar-refractivity contribution in [1.82, 2.24) is 4.31 Å². The van der Waals surface area contributed by atoms with Crippen LogP contribution in [-0.2, 0) is 16.6 Å². The van der Waals surface area contributed by atoms with E-state index >= 15 is 0 Å². The van der Waals surface area contributed by atoms with Crippen LogP contribution in [0.5, 0.6) is 0 Å². The van der Waals surface area contributed by atoms with Crippen LogP contribution in [0, 0.1) is 6.92 Å². The van der Waals surface area contributed by atoms with Gasteiger partial charge >= 0.3 is 0 Å². The number of hydrogen-bond donors (Lipinski definition) is 1. The van der Waals surface area contributed by atoms with Gasteiger partial charge in [0, 0.05) is 13.6 Å². The van der Waals surface area contributed by atoms with Gasteiger partial charge in [0.15, 0.2) is 0 Å². The van der Waals surface area contributed by atoms with Crippen molar-refractivity contribution in [3.05, 3.63) is 29.3 Å². The molecule has 0 heterocycles. The highest BCUT2D eigenvalue weighted by molar-refractivity contribution is 7.89. The van der Waals surface area contributed by atoms with Crippen LogP contribution in [0.25, 0.3) is 0 Å². The Labute approximate surface area is 105 Å². The number of halogens is 2. The van der Waals surface area contributed by atoms with E-state index in [1.165, 1.54) is 6.07 Å². The molecule has 7 heteroatoms. The van der Waals surface area contributed by atoms with Gasteiger partial charge in [-0.1, -0.05) is 12.1 Å². The first kappa shape index (κ1) is 15.0. The highest BCUT2D eigenvalue weighted by Gasteiger charge is 2.25. The highest BCUT2D eigenvalue weighted by Crippen LogP contribution is 2.22. The summed E-state index contributed by atoms with van der Waals surface area (Å²) in [5, 5.41) is 0. The molecular formula is C11H16F2N2O2S. The second-order valence-electron chi connectivity index (χ2n) is 3.92. The lowest BCUT2D eigenvalue weighted by molar-refractivity contribution is 0.126. The Morgan fingerprint density at radius 3 is 2.50 bits per heavy atom. The first-order chi connectivity index (χ1) is 8.30. The van der Waals surface area contributed by atoms with Crippen LogP contribution in [0.4, 0.5) is 8.78 Å². The Balaban J connectivity index is 3.20. The Morgan fingerprint density at radius 1 is 1.39 bits per heavy atom. The van der Waals surface area contributed by atoms with Crippen molar-refractivity contribution < 1.29 is 17.2 Å². The summed E-state index contributed by atoms with van der Waals surface area (Å²) >= 11 is 0. The third-order valence-electron chi connectivity index (χ3n) is 2.70. The molecule has 2 N–H and O–H groups in total. The monoisotopic (exact) mass is 278 g/mol. The van der Waals surface area contributed by atoms with E-state index in [1.54, 1.807) is 19.1 Å². The molecule has 0 aliphatic rings. The van der Waals surface area contributed by atoms with E-state index in [4.69, 9.17) is 5.73 Å². The fourth-order valence-electron chi connectivity index (χ4n) is 1.62. The lowest BCUT2D eigenvalue weighted by Crippen LogP contribution is -2.32. The average molecular weight is 278 g/mol. The summed E-state index contributed by atoms with van der Waals surface area (Å²) in [6, 6.07) is 4.66. The summed E-state index contributed by atoms with van der Waals surface area (Å²) in [6.07, 6.45) is -2.71. The van der Waals surface area contributed by atoms with Crippen molar-refractivity contribution in [2.24, 2.45) is 5.73 Å². The van der Waals surface area contributed by atoms with Gasteiger partial charge in [0.25, 0.3) is 6.43 Å². The normalized spacial score (nSPS) is 12.4. The predicted molar refractivity (Wildman–Crippen MR) is 64.9 cm³/mol. The second-order valence-corrected chi connectivity index (χ2v) is 5.93. The second kappa shape index (κ2) is 5.73. The molecule has 0 saturated heterocycles. The van der Waals surface area contributed by atoms with Crippen LogP contribution in [0.1, 0.15) is 11.1 Å². The number of rotatable bonds is 5. The molecule has 0 fully saturated rings. The Bertz CT molecular complexity index is 518. The van der Waals surface area contributed by atoms with Gasteiger partial charge < -0.3 is 5.73 Å². The van der Waals surface area contributed by atoms with E-state index in [2.05, 4.69) is 0 Å². The van der Waals surface area contributed by atoms with Crippen LogP contribution in [-0.4, -0.2) is 32.7 Å². The van der Waals surface area contributed by atoms with Crippen LogP contribution in [0.3, 0.4) is 0 Å². The molecule has 0 amide bonds. The highest BCUT2D eigenvalue weighted by atomic mass is 32.2. The molecule has 0 atom stereocenters. The van der Waals surface area contributed by atoms with Gasteiger partial charge in [0.1, 0.15) is 0 Å². The van der Waals surface area contributed by atoms with Gasteiger partial charge in [0.05, 0.1) is 11.4 Å². The van der Waals surface area contributed by atoms with E-state index in [9.17, 15) is 17.2 Å². The molecule has 0 aliphatic carbocycles. The summed E-state index contributed by atoms with van der Waals surface area (Å²) in [4.78, 5) is 0.0219. The smallest absolute Gasteiger partial charge is 0.252 e. The Hall–Kier alpha value is -1.05. The zero-order valence-electron chi connectivity index (χ0n) is 10.2. The molecule has 0 bridgehead atoms. The minimum absolute atomic E-state index is 0.0219. The maximum absolute atomic E-state index is 12.3. The minimum atomic E-state index is -3.90. The molecule has 1 aromatic rings. The van der Waals surface area contributed by atoms with Gasteiger partial charge in [0.2, 0.25) is 10.0 Å². The molecule has 0 aliphatic heterocycles. The molecule has 0 unspecified atom stereocenters. The minimum Gasteiger partial charge on any atom is -0.326 e. The summed E-state index contributed by atoms with van der Waals surface area (Å²) in [6.45, 7) is 0.994. The molecule has 0 aromatic heterocycles. The topological polar surface area (TPSA) is 63.4 Å². The Morgan fingerprint density at radius 2 is 2.00 bits per heavy atom. The number of alkyl halides is 2. The summed E-state index contributed by atoms with van der Waals surface area (Å²) < 4.78 is 49.4. The lowest BCUT2D eigenvalue weighted by atomic mass is 10.1. The number of sulfonamides is 1. The molecule has 1 aromatic carbocycles. The van der Waals surface area contributed by atoms with E-state index in [1.807, 2.05) is 0 Å². The SMILES string of the molecule is Cc1c(CN)cccc1S(=O)(=O)N(C)CC(F)F. The van der Waals surface area contributed by atoms with Crippen LogP contribution in [0.2, 0.25) is 0 Å². The fraction of sp³-hybridized carbons (Fsp3) is 0.455. The van der Waals surface area contributed by atoms with E-state index in [0.29, 0.717) is 15.4 Å². The van der Waals surface area contributed by atoms with Crippen molar-refractivity contribution in [2.75, 3.05) is 13.6 Å². The first-order valence-electron chi connectivity index (χ1n) is 5.33. The molecular weight excluding hydrogens is 262 g/mol. The van der Waals surface area contributed by atoms with Crippen LogP contribution >= 0.6 is 0 Å². The van der Waals surface area contributed by atoms with Crippen LogP contribution in [0.15, 0.2) is 23.1 Å². The number of nitrogens with two attached hydrogens (primary N) is 1. The van der Waals surface area contributed by atoms with Crippen molar-refractivity contribution in [3.8, 4) is 0 Å². The van der Waals surface area contributed by atoms with E-state index in [-0.39, 0.29) is 11.4 Å². The van der Waals surface area contributed by atoms with Crippen molar-refractivity contribution in [2.45, 2.75) is 24.8 Å². The average Bonchev–Trinajstić information content (AvgIpc) is 2.28. The fourth-order valence-corrected chi connectivity index (χ4v) is 3.03.